The third-order valence-corrected chi connectivity index (χ3v) is 5.89. The Bertz CT molecular complexity index is 599. The molecule has 1 saturated carbocycles. The molecule has 1 aromatic carbocycles. The van der Waals surface area contributed by atoms with Crippen molar-refractivity contribution in [3.8, 4) is 0 Å². The molecule has 1 aromatic rings. The summed E-state index contributed by atoms with van der Waals surface area (Å²) >= 11 is 0. The predicted molar refractivity (Wildman–Crippen MR) is 74.3 cm³/mol. The second-order valence-electron chi connectivity index (χ2n) is 5.83. The van der Waals surface area contributed by atoms with Crippen LogP contribution in [0.15, 0.2) is 29.2 Å². The zero-order valence-electron chi connectivity index (χ0n) is 11.2. The Morgan fingerprint density at radius 3 is 2.80 bits per heavy atom. The van der Waals surface area contributed by atoms with Gasteiger partial charge in [-0.1, -0.05) is 6.07 Å². The quantitative estimate of drug-likeness (QED) is 0.894. The van der Waals surface area contributed by atoms with Crippen molar-refractivity contribution in [1.82, 2.24) is 10.0 Å². The summed E-state index contributed by atoms with van der Waals surface area (Å²) in [7, 11) is -3.63. The molecule has 1 aliphatic heterocycles. The van der Waals surface area contributed by atoms with Gasteiger partial charge in [0, 0.05) is 11.6 Å². The van der Waals surface area contributed by atoms with Crippen LogP contribution < -0.4 is 10.0 Å². The molecule has 0 bridgehead atoms. The van der Waals surface area contributed by atoms with Gasteiger partial charge in [-0.05, 0) is 56.8 Å². The molecule has 6 heteroatoms. The average Bonchev–Trinajstić information content (AvgIpc) is 2.37. The van der Waals surface area contributed by atoms with Gasteiger partial charge in [0.05, 0.1) is 4.90 Å². The second-order valence-corrected chi connectivity index (χ2v) is 7.54. The van der Waals surface area contributed by atoms with Crippen molar-refractivity contribution in [3.05, 3.63) is 30.1 Å². The molecule has 1 saturated heterocycles. The van der Waals surface area contributed by atoms with Crippen molar-refractivity contribution < 1.29 is 12.8 Å². The van der Waals surface area contributed by atoms with E-state index in [1.807, 2.05) is 0 Å². The summed E-state index contributed by atoms with van der Waals surface area (Å²) in [6, 6.07) is 5.07. The number of rotatable bonds is 3. The molecule has 2 aliphatic rings. The standard InChI is InChI=1S/C14H19FN2O2S/c15-11-3-1-4-13(9-11)20(18,19)17-12-5-8-16-14(10-12)6-2-7-14/h1,3-4,9,12,16-17H,2,5-8,10H2. The summed E-state index contributed by atoms with van der Waals surface area (Å²) in [6.45, 7) is 0.830. The minimum absolute atomic E-state index is 0.00121. The lowest BCUT2D eigenvalue weighted by Gasteiger charge is -2.48. The van der Waals surface area contributed by atoms with Gasteiger partial charge in [0.15, 0.2) is 0 Å². The molecule has 1 atom stereocenters. The maximum absolute atomic E-state index is 13.2. The zero-order valence-corrected chi connectivity index (χ0v) is 12.0. The first kappa shape index (κ1) is 14.0. The van der Waals surface area contributed by atoms with Crippen molar-refractivity contribution in [2.45, 2.75) is 48.6 Å². The molecule has 2 N–H and O–H groups in total. The Kier molecular flexibility index (Phi) is 3.56. The lowest BCUT2D eigenvalue weighted by molar-refractivity contribution is 0.126. The molecule has 1 aliphatic carbocycles. The first-order chi connectivity index (χ1) is 9.49. The van der Waals surface area contributed by atoms with E-state index in [1.165, 1.54) is 24.6 Å². The van der Waals surface area contributed by atoms with Gasteiger partial charge >= 0.3 is 0 Å². The highest BCUT2D eigenvalue weighted by atomic mass is 32.2. The zero-order chi connectivity index (χ0) is 14.2. The first-order valence-corrected chi connectivity index (χ1v) is 8.50. The highest BCUT2D eigenvalue weighted by Gasteiger charge is 2.41. The number of benzene rings is 1. The van der Waals surface area contributed by atoms with E-state index in [2.05, 4.69) is 10.0 Å². The van der Waals surface area contributed by atoms with Crippen molar-refractivity contribution in [2.75, 3.05) is 6.54 Å². The number of piperidine rings is 1. The van der Waals surface area contributed by atoms with Gasteiger partial charge in [-0.3, -0.25) is 0 Å². The molecule has 0 amide bonds. The van der Waals surface area contributed by atoms with Crippen LogP contribution in [0, 0.1) is 5.82 Å². The molecule has 1 heterocycles. The maximum Gasteiger partial charge on any atom is 0.240 e. The van der Waals surface area contributed by atoms with E-state index < -0.39 is 15.8 Å². The maximum atomic E-state index is 13.2. The molecule has 0 aromatic heterocycles. The molecule has 3 rings (SSSR count). The molecule has 4 nitrogen and oxygen atoms in total. The fraction of sp³-hybridized carbons (Fsp3) is 0.571. The molecule has 1 spiro atoms. The average molecular weight is 298 g/mol. The van der Waals surface area contributed by atoms with Crippen LogP contribution in [0.3, 0.4) is 0 Å². The van der Waals surface area contributed by atoms with Crippen LogP contribution in [0.5, 0.6) is 0 Å². The van der Waals surface area contributed by atoms with Gasteiger partial charge in [-0.2, -0.15) is 0 Å². The first-order valence-electron chi connectivity index (χ1n) is 7.02. The van der Waals surface area contributed by atoms with Crippen LogP contribution in [0.2, 0.25) is 0 Å². The van der Waals surface area contributed by atoms with Gasteiger partial charge in [-0.25, -0.2) is 17.5 Å². The summed E-state index contributed by atoms with van der Waals surface area (Å²) in [5, 5.41) is 3.50. The predicted octanol–water partition coefficient (Wildman–Crippen LogP) is 1.78. The van der Waals surface area contributed by atoms with Crippen LogP contribution in [0.1, 0.15) is 32.1 Å². The summed E-state index contributed by atoms with van der Waals surface area (Å²) in [6.07, 6.45) is 5.03. The van der Waals surface area contributed by atoms with E-state index in [0.717, 1.165) is 38.3 Å². The van der Waals surface area contributed by atoms with E-state index >= 15 is 0 Å². The van der Waals surface area contributed by atoms with Gasteiger partial charge in [0.2, 0.25) is 10.0 Å². The molecular formula is C14H19FN2O2S. The highest BCUT2D eigenvalue weighted by molar-refractivity contribution is 7.89. The number of sulfonamides is 1. The molecule has 2 fully saturated rings. The Hall–Kier alpha value is -0.980. The fourth-order valence-electron chi connectivity index (χ4n) is 3.16. The van der Waals surface area contributed by atoms with Gasteiger partial charge in [0.25, 0.3) is 0 Å². The summed E-state index contributed by atoms with van der Waals surface area (Å²) < 4.78 is 40.4. The molecular weight excluding hydrogens is 279 g/mol. The summed E-state index contributed by atoms with van der Waals surface area (Å²) in [5.41, 5.74) is 0.132. The van der Waals surface area contributed by atoms with Crippen molar-refractivity contribution >= 4 is 10.0 Å². The third-order valence-electron chi connectivity index (χ3n) is 4.37. The second kappa shape index (κ2) is 5.09. The lowest BCUT2D eigenvalue weighted by atomic mass is 9.70. The minimum Gasteiger partial charge on any atom is -0.311 e. The van der Waals surface area contributed by atoms with Crippen LogP contribution in [0.25, 0.3) is 0 Å². The van der Waals surface area contributed by atoms with Crippen LogP contribution in [-0.2, 0) is 10.0 Å². The van der Waals surface area contributed by atoms with E-state index in [-0.39, 0.29) is 16.5 Å². The molecule has 20 heavy (non-hydrogen) atoms. The minimum atomic E-state index is -3.63. The Balaban J connectivity index is 1.73. The van der Waals surface area contributed by atoms with Gasteiger partial charge < -0.3 is 5.32 Å². The number of hydrogen-bond donors (Lipinski definition) is 2. The number of halogens is 1. The Morgan fingerprint density at radius 1 is 1.35 bits per heavy atom. The van der Waals surface area contributed by atoms with Crippen molar-refractivity contribution in [2.24, 2.45) is 0 Å². The molecule has 0 radical (unpaired) electrons. The summed E-state index contributed by atoms with van der Waals surface area (Å²) in [5.74, 6) is -0.534. The van der Waals surface area contributed by atoms with E-state index in [4.69, 9.17) is 0 Å². The molecule has 1 unspecified atom stereocenters. The summed E-state index contributed by atoms with van der Waals surface area (Å²) in [4.78, 5) is -0.00121. The smallest absolute Gasteiger partial charge is 0.240 e. The van der Waals surface area contributed by atoms with Crippen molar-refractivity contribution in [3.63, 3.8) is 0 Å². The lowest BCUT2D eigenvalue weighted by Crippen LogP contribution is -2.59. The SMILES string of the molecule is O=S(=O)(NC1CCNC2(CCC2)C1)c1cccc(F)c1. The van der Waals surface area contributed by atoms with Crippen LogP contribution in [-0.4, -0.2) is 26.5 Å². The van der Waals surface area contributed by atoms with Crippen molar-refractivity contribution in [1.29, 1.82) is 0 Å². The van der Waals surface area contributed by atoms with E-state index in [9.17, 15) is 12.8 Å². The van der Waals surface area contributed by atoms with E-state index in [1.54, 1.807) is 0 Å². The Morgan fingerprint density at radius 2 is 2.15 bits per heavy atom. The largest absolute Gasteiger partial charge is 0.311 e. The fourth-order valence-corrected chi connectivity index (χ4v) is 4.47. The monoisotopic (exact) mass is 298 g/mol. The van der Waals surface area contributed by atoms with Crippen LogP contribution in [0.4, 0.5) is 4.39 Å². The normalized spacial score (nSPS) is 25.4. The van der Waals surface area contributed by atoms with Gasteiger partial charge in [-0.15, -0.1) is 0 Å². The topological polar surface area (TPSA) is 58.2 Å². The number of hydrogen-bond acceptors (Lipinski definition) is 3. The van der Waals surface area contributed by atoms with Crippen LogP contribution >= 0.6 is 0 Å². The number of nitrogens with one attached hydrogen (secondary N) is 2. The Labute approximate surface area is 118 Å². The van der Waals surface area contributed by atoms with E-state index in [0.29, 0.717) is 0 Å². The highest BCUT2D eigenvalue weighted by Crippen LogP contribution is 2.38. The molecule has 110 valence electrons. The van der Waals surface area contributed by atoms with Gasteiger partial charge in [0.1, 0.15) is 5.82 Å². The third kappa shape index (κ3) is 2.73.